The van der Waals surface area contributed by atoms with Gasteiger partial charge in [0, 0.05) is 25.2 Å². The number of para-hydroxylation sites is 1. The van der Waals surface area contributed by atoms with Gasteiger partial charge in [0.2, 0.25) is 5.88 Å². The molecular formula is C27H34FN3O3. The van der Waals surface area contributed by atoms with Crippen LogP contribution < -0.4 is 4.74 Å². The zero-order valence-corrected chi connectivity index (χ0v) is 20.2. The summed E-state index contributed by atoms with van der Waals surface area (Å²) in [4.78, 5) is 2.29. The SMILES string of the molecule is CCc1nn(-c2ccccc2)c(Oc2cccc(F)c2)c1CN(CC(O)COC(C)C)C1CC1. The molecule has 1 atom stereocenters. The molecular weight excluding hydrogens is 433 g/mol. The zero-order chi connectivity index (χ0) is 24.1. The van der Waals surface area contributed by atoms with Crippen LogP contribution in [-0.2, 0) is 17.7 Å². The maximum atomic E-state index is 13.9. The first-order valence-electron chi connectivity index (χ1n) is 12.1. The Bertz CT molecular complexity index is 1070. The third-order valence-electron chi connectivity index (χ3n) is 5.86. The van der Waals surface area contributed by atoms with E-state index in [4.69, 9.17) is 14.6 Å². The number of aliphatic hydroxyl groups excluding tert-OH is 1. The van der Waals surface area contributed by atoms with Crippen molar-refractivity contribution in [3.05, 3.63) is 71.7 Å². The van der Waals surface area contributed by atoms with Gasteiger partial charge in [-0.05, 0) is 57.4 Å². The third kappa shape index (κ3) is 6.23. The second-order valence-electron chi connectivity index (χ2n) is 9.09. The fraction of sp³-hybridized carbons (Fsp3) is 0.444. The molecule has 0 bridgehead atoms. The Kier molecular flexibility index (Phi) is 7.98. The van der Waals surface area contributed by atoms with E-state index >= 15 is 0 Å². The minimum Gasteiger partial charge on any atom is -0.438 e. The molecule has 1 aliphatic carbocycles. The van der Waals surface area contributed by atoms with Crippen molar-refractivity contribution in [3.8, 4) is 17.3 Å². The van der Waals surface area contributed by atoms with Gasteiger partial charge in [0.25, 0.3) is 0 Å². The molecule has 182 valence electrons. The Balaban J connectivity index is 1.67. The lowest BCUT2D eigenvalue weighted by Gasteiger charge is -2.26. The van der Waals surface area contributed by atoms with Crippen LogP contribution in [0.4, 0.5) is 4.39 Å². The van der Waals surface area contributed by atoms with Gasteiger partial charge in [-0.1, -0.05) is 31.2 Å². The first-order chi connectivity index (χ1) is 16.4. The molecule has 2 aromatic carbocycles. The fourth-order valence-corrected chi connectivity index (χ4v) is 4.02. The van der Waals surface area contributed by atoms with Crippen LogP contribution in [0.1, 0.15) is 44.9 Å². The highest BCUT2D eigenvalue weighted by atomic mass is 19.1. The fourth-order valence-electron chi connectivity index (χ4n) is 4.02. The molecule has 1 heterocycles. The van der Waals surface area contributed by atoms with Crippen molar-refractivity contribution in [1.82, 2.24) is 14.7 Å². The quantitative estimate of drug-likeness (QED) is 0.401. The number of ether oxygens (including phenoxy) is 2. The van der Waals surface area contributed by atoms with E-state index < -0.39 is 6.10 Å². The highest BCUT2D eigenvalue weighted by Crippen LogP contribution is 2.35. The van der Waals surface area contributed by atoms with Crippen molar-refractivity contribution in [1.29, 1.82) is 0 Å². The molecule has 0 aliphatic heterocycles. The van der Waals surface area contributed by atoms with Gasteiger partial charge in [-0.3, -0.25) is 4.90 Å². The van der Waals surface area contributed by atoms with Crippen LogP contribution >= 0.6 is 0 Å². The number of hydrogen-bond acceptors (Lipinski definition) is 5. The van der Waals surface area contributed by atoms with Gasteiger partial charge in [-0.25, -0.2) is 9.07 Å². The number of aliphatic hydroxyl groups is 1. The second kappa shape index (κ2) is 11.1. The van der Waals surface area contributed by atoms with Gasteiger partial charge in [-0.2, -0.15) is 5.10 Å². The van der Waals surface area contributed by atoms with Crippen LogP contribution in [0.25, 0.3) is 5.69 Å². The van der Waals surface area contributed by atoms with E-state index in [1.807, 2.05) is 44.2 Å². The minimum absolute atomic E-state index is 0.0751. The molecule has 1 aliphatic rings. The molecule has 6 nitrogen and oxygen atoms in total. The molecule has 1 aromatic heterocycles. The summed E-state index contributed by atoms with van der Waals surface area (Å²) in [5.74, 6) is 0.643. The average molecular weight is 468 g/mol. The van der Waals surface area contributed by atoms with Gasteiger partial charge in [0.1, 0.15) is 11.6 Å². The summed E-state index contributed by atoms with van der Waals surface area (Å²) in [6, 6.07) is 16.4. The molecule has 1 unspecified atom stereocenters. The van der Waals surface area contributed by atoms with E-state index in [-0.39, 0.29) is 11.9 Å². The van der Waals surface area contributed by atoms with Gasteiger partial charge in [-0.15, -0.1) is 0 Å². The van der Waals surface area contributed by atoms with Gasteiger partial charge >= 0.3 is 0 Å². The summed E-state index contributed by atoms with van der Waals surface area (Å²) < 4.78 is 27.6. The highest BCUT2D eigenvalue weighted by molar-refractivity contribution is 5.44. The summed E-state index contributed by atoms with van der Waals surface area (Å²) in [6.07, 6.45) is 2.43. The van der Waals surface area contributed by atoms with Crippen LogP contribution in [0.3, 0.4) is 0 Å². The molecule has 1 saturated carbocycles. The van der Waals surface area contributed by atoms with Crippen molar-refractivity contribution >= 4 is 0 Å². The van der Waals surface area contributed by atoms with Crippen LogP contribution in [-0.4, -0.2) is 51.2 Å². The zero-order valence-electron chi connectivity index (χ0n) is 20.2. The second-order valence-corrected chi connectivity index (χ2v) is 9.09. The monoisotopic (exact) mass is 467 g/mol. The first-order valence-corrected chi connectivity index (χ1v) is 12.1. The number of nitrogens with zero attached hydrogens (tertiary/aromatic N) is 3. The number of rotatable bonds is 12. The summed E-state index contributed by atoms with van der Waals surface area (Å²) >= 11 is 0. The summed E-state index contributed by atoms with van der Waals surface area (Å²) in [7, 11) is 0. The lowest BCUT2D eigenvalue weighted by molar-refractivity contribution is -0.0107. The summed E-state index contributed by atoms with van der Waals surface area (Å²) in [5, 5.41) is 15.5. The van der Waals surface area contributed by atoms with Crippen LogP contribution in [0.15, 0.2) is 54.6 Å². The first kappa shape index (κ1) is 24.4. The lowest BCUT2D eigenvalue weighted by Crippen LogP contribution is -2.36. The molecule has 1 N–H and O–H groups in total. The molecule has 0 amide bonds. The molecule has 0 radical (unpaired) electrons. The maximum absolute atomic E-state index is 13.9. The Morgan fingerprint density at radius 2 is 1.91 bits per heavy atom. The summed E-state index contributed by atoms with van der Waals surface area (Å²) in [6.45, 7) is 7.40. The van der Waals surface area contributed by atoms with E-state index in [9.17, 15) is 9.50 Å². The lowest BCUT2D eigenvalue weighted by atomic mass is 10.1. The topological polar surface area (TPSA) is 59.8 Å². The van der Waals surface area contributed by atoms with Gasteiger partial charge < -0.3 is 14.6 Å². The molecule has 34 heavy (non-hydrogen) atoms. The predicted octanol–water partition coefficient (Wildman–Crippen LogP) is 5.12. The highest BCUT2D eigenvalue weighted by Gasteiger charge is 2.33. The van der Waals surface area contributed by atoms with Crippen LogP contribution in [0.5, 0.6) is 11.6 Å². The number of benzene rings is 2. The smallest absolute Gasteiger partial charge is 0.227 e. The van der Waals surface area contributed by atoms with E-state index in [1.165, 1.54) is 12.1 Å². The largest absolute Gasteiger partial charge is 0.438 e. The number of aryl methyl sites for hydroxylation is 1. The number of hydrogen-bond donors (Lipinski definition) is 1. The Hall–Kier alpha value is -2.74. The molecule has 0 spiro atoms. The maximum Gasteiger partial charge on any atom is 0.227 e. The van der Waals surface area contributed by atoms with E-state index in [1.54, 1.807) is 16.8 Å². The third-order valence-corrected chi connectivity index (χ3v) is 5.86. The minimum atomic E-state index is -0.579. The Morgan fingerprint density at radius 1 is 1.15 bits per heavy atom. The van der Waals surface area contributed by atoms with Crippen molar-refractivity contribution in [3.63, 3.8) is 0 Å². The number of halogens is 1. The number of aromatic nitrogens is 2. The average Bonchev–Trinajstić information content (AvgIpc) is 3.62. The molecule has 4 rings (SSSR count). The van der Waals surface area contributed by atoms with Crippen molar-refractivity contribution < 1.29 is 19.0 Å². The van der Waals surface area contributed by atoms with E-state index in [0.717, 1.165) is 36.2 Å². The Labute approximate surface area is 200 Å². The molecule has 0 saturated heterocycles. The van der Waals surface area contributed by atoms with E-state index in [2.05, 4.69) is 11.8 Å². The van der Waals surface area contributed by atoms with E-state index in [0.29, 0.717) is 37.4 Å². The van der Waals surface area contributed by atoms with Crippen LogP contribution in [0.2, 0.25) is 0 Å². The summed E-state index contributed by atoms with van der Waals surface area (Å²) in [5.41, 5.74) is 2.76. The Morgan fingerprint density at radius 3 is 2.56 bits per heavy atom. The molecule has 7 heteroatoms. The van der Waals surface area contributed by atoms with Crippen molar-refractivity contribution in [2.45, 2.75) is 64.8 Å². The van der Waals surface area contributed by atoms with Crippen molar-refractivity contribution in [2.24, 2.45) is 0 Å². The normalized spacial score (nSPS) is 14.7. The predicted molar refractivity (Wildman–Crippen MR) is 130 cm³/mol. The molecule has 3 aromatic rings. The van der Waals surface area contributed by atoms with Crippen LogP contribution in [0, 0.1) is 5.82 Å². The van der Waals surface area contributed by atoms with Gasteiger partial charge in [0.15, 0.2) is 0 Å². The van der Waals surface area contributed by atoms with Gasteiger partial charge in [0.05, 0.1) is 35.8 Å². The molecule has 1 fully saturated rings. The standard InChI is InChI=1S/C27H34FN3O3/c1-4-26-25(17-30(21-13-14-21)16-23(32)18-33-19(2)3)27(34-24-12-8-9-20(28)15-24)31(29-26)22-10-6-5-7-11-22/h5-12,15,19,21,23,32H,4,13-14,16-18H2,1-3H3. The van der Waals surface area contributed by atoms with Crippen molar-refractivity contribution in [2.75, 3.05) is 13.2 Å².